The maximum atomic E-state index is 13.8. The molecule has 25 heavy (non-hydrogen) atoms. The normalized spacial score (nSPS) is 10.6. The first-order valence-electron chi connectivity index (χ1n) is 7.77. The van der Waals surface area contributed by atoms with Crippen LogP contribution in [0.3, 0.4) is 0 Å². The van der Waals surface area contributed by atoms with Crippen molar-refractivity contribution in [2.45, 2.75) is 19.9 Å². The molecule has 0 aliphatic heterocycles. The molecule has 0 saturated heterocycles. The van der Waals surface area contributed by atoms with E-state index in [1.807, 2.05) is 6.92 Å². The predicted octanol–water partition coefficient (Wildman–Crippen LogP) is 2.23. The van der Waals surface area contributed by atoms with E-state index in [0.29, 0.717) is 12.2 Å². The van der Waals surface area contributed by atoms with Crippen molar-refractivity contribution in [2.24, 2.45) is 0 Å². The van der Waals surface area contributed by atoms with Gasteiger partial charge in [0.25, 0.3) is 11.5 Å². The van der Waals surface area contributed by atoms with Gasteiger partial charge in [-0.1, -0.05) is 19.1 Å². The van der Waals surface area contributed by atoms with Gasteiger partial charge < -0.3 is 5.32 Å². The van der Waals surface area contributed by atoms with Crippen LogP contribution >= 0.6 is 0 Å². The Balaban J connectivity index is 1.79. The van der Waals surface area contributed by atoms with E-state index in [1.165, 1.54) is 40.0 Å². The van der Waals surface area contributed by atoms with Gasteiger partial charge in [0.2, 0.25) is 0 Å². The van der Waals surface area contributed by atoms with E-state index in [2.05, 4.69) is 15.5 Å². The van der Waals surface area contributed by atoms with Crippen LogP contribution in [0.1, 0.15) is 23.8 Å². The largest absolute Gasteiger partial charge is 0.318 e. The molecule has 2 heterocycles. The number of aryl methyl sites for hydroxylation is 1. The fourth-order valence-electron chi connectivity index (χ4n) is 2.29. The summed E-state index contributed by atoms with van der Waals surface area (Å²) in [6.07, 6.45) is 3.64. The first-order valence-corrected chi connectivity index (χ1v) is 7.77. The Morgan fingerprint density at radius 3 is 2.80 bits per heavy atom. The van der Waals surface area contributed by atoms with E-state index in [-0.39, 0.29) is 16.9 Å². The lowest BCUT2D eigenvalue weighted by Crippen LogP contribution is -2.26. The number of anilines is 1. The number of hydrogen-bond donors (Lipinski definition) is 1. The second kappa shape index (κ2) is 7.08. The Kier molecular flexibility index (Phi) is 4.69. The van der Waals surface area contributed by atoms with Crippen LogP contribution in [0.5, 0.6) is 0 Å². The van der Waals surface area contributed by atoms with Crippen LogP contribution in [-0.2, 0) is 6.54 Å². The van der Waals surface area contributed by atoms with Gasteiger partial charge in [-0.05, 0) is 24.6 Å². The molecule has 128 valence electrons. The summed E-state index contributed by atoms with van der Waals surface area (Å²) in [7, 11) is 0. The van der Waals surface area contributed by atoms with E-state index in [9.17, 15) is 14.0 Å². The topological polar surface area (TPSA) is 81.8 Å². The molecule has 0 aliphatic rings. The summed E-state index contributed by atoms with van der Waals surface area (Å²) in [5.41, 5.74) is 0.526. The zero-order valence-corrected chi connectivity index (χ0v) is 13.5. The molecule has 0 aliphatic carbocycles. The van der Waals surface area contributed by atoms with Crippen LogP contribution in [0, 0.1) is 5.82 Å². The van der Waals surface area contributed by atoms with Crippen molar-refractivity contribution in [1.29, 1.82) is 0 Å². The number of amides is 1. The van der Waals surface area contributed by atoms with Gasteiger partial charge in [0.05, 0.1) is 18.1 Å². The lowest BCUT2D eigenvalue weighted by molar-refractivity contribution is 0.101. The Bertz CT molecular complexity index is 963. The number of hydrogen-bond acceptors (Lipinski definition) is 4. The van der Waals surface area contributed by atoms with Gasteiger partial charge in [-0.25, -0.2) is 13.8 Å². The van der Waals surface area contributed by atoms with Gasteiger partial charge in [0.15, 0.2) is 0 Å². The molecule has 0 fully saturated rings. The van der Waals surface area contributed by atoms with E-state index in [4.69, 9.17) is 0 Å². The number of nitrogens with one attached hydrogen (secondary N) is 1. The standard InChI is InChI=1S/C17H16FN5O2/c1-2-9-22-16(24)8-7-14(21-22)17(25)20-12-10-19-23(11-12)15-6-4-3-5-13(15)18/h3-8,10-11H,2,9H2,1H3,(H,20,25). The molecule has 1 amide bonds. The van der Waals surface area contributed by atoms with Crippen molar-refractivity contribution >= 4 is 11.6 Å². The van der Waals surface area contributed by atoms with Crippen molar-refractivity contribution in [3.63, 3.8) is 0 Å². The predicted molar refractivity (Wildman–Crippen MR) is 90.3 cm³/mol. The van der Waals surface area contributed by atoms with Gasteiger partial charge in [0.1, 0.15) is 17.2 Å². The fourth-order valence-corrected chi connectivity index (χ4v) is 2.29. The lowest BCUT2D eigenvalue weighted by atomic mass is 10.3. The molecule has 3 rings (SSSR count). The number of para-hydroxylation sites is 1. The molecule has 0 bridgehead atoms. The molecule has 0 unspecified atom stereocenters. The summed E-state index contributed by atoms with van der Waals surface area (Å²) in [5.74, 6) is -0.894. The summed E-state index contributed by atoms with van der Waals surface area (Å²) < 4.78 is 16.4. The Labute approximate surface area is 142 Å². The lowest BCUT2D eigenvalue weighted by Gasteiger charge is -2.05. The highest BCUT2D eigenvalue weighted by atomic mass is 19.1. The average Bonchev–Trinajstić information content (AvgIpc) is 3.05. The van der Waals surface area contributed by atoms with E-state index >= 15 is 0 Å². The second-order valence-corrected chi connectivity index (χ2v) is 5.36. The number of rotatable bonds is 5. The number of aromatic nitrogens is 4. The van der Waals surface area contributed by atoms with Crippen LogP contribution in [0.2, 0.25) is 0 Å². The zero-order valence-electron chi connectivity index (χ0n) is 13.5. The molecule has 0 saturated carbocycles. The third-order valence-electron chi connectivity index (χ3n) is 3.47. The smallest absolute Gasteiger partial charge is 0.276 e. The molecular weight excluding hydrogens is 325 g/mol. The molecule has 8 heteroatoms. The van der Waals surface area contributed by atoms with Crippen molar-refractivity contribution < 1.29 is 9.18 Å². The number of nitrogens with zero attached hydrogens (tertiary/aromatic N) is 4. The average molecular weight is 341 g/mol. The van der Waals surface area contributed by atoms with Gasteiger partial charge in [-0.15, -0.1) is 0 Å². The number of benzene rings is 1. The first kappa shape index (κ1) is 16.6. The van der Waals surface area contributed by atoms with E-state index < -0.39 is 11.7 Å². The van der Waals surface area contributed by atoms with Crippen LogP contribution < -0.4 is 10.9 Å². The van der Waals surface area contributed by atoms with Crippen LogP contribution in [0.25, 0.3) is 5.69 Å². The molecule has 2 aromatic heterocycles. The van der Waals surface area contributed by atoms with Crippen molar-refractivity contribution in [1.82, 2.24) is 19.6 Å². The molecule has 1 N–H and O–H groups in total. The van der Waals surface area contributed by atoms with Gasteiger partial charge in [-0.3, -0.25) is 9.59 Å². The number of carbonyl (C=O) groups is 1. The van der Waals surface area contributed by atoms with E-state index in [0.717, 1.165) is 6.42 Å². The first-order chi connectivity index (χ1) is 12.1. The minimum atomic E-state index is -0.474. The van der Waals surface area contributed by atoms with Gasteiger partial charge in [0, 0.05) is 12.6 Å². The summed E-state index contributed by atoms with van der Waals surface area (Å²) in [6, 6.07) is 8.86. The summed E-state index contributed by atoms with van der Waals surface area (Å²) in [6.45, 7) is 2.35. The quantitative estimate of drug-likeness (QED) is 0.771. The van der Waals surface area contributed by atoms with Crippen molar-refractivity contribution in [3.8, 4) is 5.69 Å². The highest BCUT2D eigenvalue weighted by molar-refractivity contribution is 6.02. The zero-order chi connectivity index (χ0) is 17.8. The maximum absolute atomic E-state index is 13.8. The second-order valence-electron chi connectivity index (χ2n) is 5.36. The third-order valence-corrected chi connectivity index (χ3v) is 3.47. The van der Waals surface area contributed by atoms with Crippen LogP contribution in [0.4, 0.5) is 10.1 Å². The Morgan fingerprint density at radius 1 is 1.24 bits per heavy atom. The highest BCUT2D eigenvalue weighted by Crippen LogP contribution is 2.15. The molecule has 3 aromatic rings. The summed E-state index contributed by atoms with van der Waals surface area (Å²) in [5, 5.41) is 10.7. The molecule has 0 atom stereocenters. The molecule has 1 aromatic carbocycles. The Morgan fingerprint density at radius 2 is 2.04 bits per heavy atom. The SMILES string of the molecule is CCCn1nc(C(=O)Nc2cnn(-c3ccccc3F)c2)ccc1=O. The molecule has 0 radical (unpaired) electrons. The molecule has 0 spiro atoms. The van der Waals surface area contributed by atoms with Crippen LogP contribution in [-0.4, -0.2) is 25.5 Å². The summed E-state index contributed by atoms with van der Waals surface area (Å²) in [4.78, 5) is 23.9. The minimum Gasteiger partial charge on any atom is -0.318 e. The summed E-state index contributed by atoms with van der Waals surface area (Å²) >= 11 is 0. The van der Waals surface area contributed by atoms with Crippen molar-refractivity contribution in [2.75, 3.05) is 5.32 Å². The van der Waals surface area contributed by atoms with E-state index in [1.54, 1.807) is 18.2 Å². The minimum absolute atomic E-state index is 0.117. The highest BCUT2D eigenvalue weighted by Gasteiger charge is 2.12. The molecular formula is C17H16FN5O2. The van der Waals surface area contributed by atoms with Gasteiger partial charge >= 0.3 is 0 Å². The Hall–Kier alpha value is -3.29. The fraction of sp³-hybridized carbons (Fsp3) is 0.176. The van der Waals surface area contributed by atoms with Gasteiger partial charge in [-0.2, -0.15) is 10.2 Å². The number of carbonyl (C=O) groups excluding carboxylic acids is 1. The third kappa shape index (κ3) is 3.63. The van der Waals surface area contributed by atoms with Crippen LogP contribution in [0.15, 0.2) is 53.6 Å². The number of halogens is 1. The van der Waals surface area contributed by atoms with Crippen molar-refractivity contribution in [3.05, 3.63) is 70.7 Å². The maximum Gasteiger partial charge on any atom is 0.276 e. The molecule has 7 nitrogen and oxygen atoms in total. The monoisotopic (exact) mass is 341 g/mol.